The van der Waals surface area contributed by atoms with Crippen molar-refractivity contribution in [3.8, 4) is 22.3 Å². The van der Waals surface area contributed by atoms with Gasteiger partial charge in [-0.05, 0) is 116 Å². The second kappa shape index (κ2) is 14.6. The number of hydrogen-bond donors (Lipinski definition) is 0. The molecule has 0 amide bonds. The van der Waals surface area contributed by atoms with Crippen molar-refractivity contribution < 1.29 is 13.2 Å². The van der Waals surface area contributed by atoms with Crippen molar-refractivity contribution in [2.45, 2.75) is 103 Å². The fourth-order valence-electron chi connectivity index (χ4n) is 7.55. The third-order valence-corrected chi connectivity index (χ3v) is 10.3. The zero-order valence-corrected chi connectivity index (χ0v) is 25.3. The lowest BCUT2D eigenvalue weighted by molar-refractivity contribution is 0.171. The van der Waals surface area contributed by atoms with Crippen LogP contribution in [0.1, 0.15) is 107 Å². The van der Waals surface area contributed by atoms with Crippen molar-refractivity contribution in [3.63, 3.8) is 0 Å². The number of aryl methyl sites for hydroxylation is 1. The van der Waals surface area contributed by atoms with Crippen molar-refractivity contribution in [1.29, 1.82) is 0 Å². The Kier molecular flexibility index (Phi) is 10.6. The molecule has 2 saturated carbocycles. The standard InChI is InChI=1S/C39H47F3/c1-3-5-6-7-8-9-33-22-25-36(39(42)38(33)41)32-20-18-31(19-21-32)35-24-23-34(26-37(35)40)30-16-14-29(15-17-30)28-12-10-27(4-2)11-13-28/h4,18-30H,2-3,5-17H2,1H3. The van der Waals surface area contributed by atoms with Crippen LogP contribution in [0.15, 0.2) is 67.3 Å². The molecule has 0 unspecified atom stereocenters. The number of unbranched alkanes of at least 4 members (excludes halogenated alkanes) is 4. The van der Waals surface area contributed by atoms with E-state index in [4.69, 9.17) is 0 Å². The van der Waals surface area contributed by atoms with Gasteiger partial charge in [-0.2, -0.15) is 0 Å². The summed E-state index contributed by atoms with van der Waals surface area (Å²) in [6.45, 7) is 6.14. The molecule has 0 atom stereocenters. The van der Waals surface area contributed by atoms with Crippen molar-refractivity contribution in [2.75, 3.05) is 0 Å². The molecule has 0 radical (unpaired) electrons. The molecule has 3 aromatic carbocycles. The highest BCUT2D eigenvalue weighted by Gasteiger charge is 2.31. The fraction of sp³-hybridized carbons (Fsp3) is 0.487. The fourth-order valence-corrected chi connectivity index (χ4v) is 7.55. The number of halogens is 3. The first-order valence-electron chi connectivity index (χ1n) is 16.5. The number of allylic oxidation sites excluding steroid dienone is 1. The lowest BCUT2D eigenvalue weighted by Gasteiger charge is -2.37. The summed E-state index contributed by atoms with van der Waals surface area (Å²) in [7, 11) is 0. The molecule has 42 heavy (non-hydrogen) atoms. The van der Waals surface area contributed by atoms with E-state index in [1.54, 1.807) is 42.5 Å². The Labute approximate surface area is 251 Å². The molecule has 0 aromatic heterocycles. The predicted molar refractivity (Wildman–Crippen MR) is 170 cm³/mol. The van der Waals surface area contributed by atoms with Gasteiger partial charge in [-0.25, -0.2) is 13.2 Å². The van der Waals surface area contributed by atoms with Crippen LogP contribution in [-0.2, 0) is 6.42 Å². The monoisotopic (exact) mass is 572 g/mol. The van der Waals surface area contributed by atoms with Crippen molar-refractivity contribution >= 4 is 0 Å². The summed E-state index contributed by atoms with van der Waals surface area (Å²) in [4.78, 5) is 0. The van der Waals surface area contributed by atoms with E-state index in [1.165, 1.54) is 44.9 Å². The molecule has 5 rings (SSSR count). The van der Waals surface area contributed by atoms with Gasteiger partial charge in [0.2, 0.25) is 0 Å². The predicted octanol–water partition coefficient (Wildman–Crippen LogP) is 12.2. The average molecular weight is 573 g/mol. The Morgan fingerprint density at radius 3 is 1.88 bits per heavy atom. The van der Waals surface area contributed by atoms with Crippen LogP contribution >= 0.6 is 0 Å². The molecule has 0 N–H and O–H groups in total. The third-order valence-electron chi connectivity index (χ3n) is 10.3. The third kappa shape index (κ3) is 7.21. The minimum Gasteiger partial charge on any atom is -0.206 e. The van der Waals surface area contributed by atoms with E-state index in [1.807, 2.05) is 6.07 Å². The summed E-state index contributed by atoms with van der Waals surface area (Å²) < 4.78 is 45.2. The van der Waals surface area contributed by atoms with Gasteiger partial charge in [0.1, 0.15) is 5.82 Å². The first-order chi connectivity index (χ1) is 20.5. The zero-order chi connectivity index (χ0) is 29.5. The Hall–Kier alpha value is -2.81. The molecule has 0 bridgehead atoms. The van der Waals surface area contributed by atoms with Crippen molar-refractivity contribution in [2.24, 2.45) is 17.8 Å². The quantitative estimate of drug-likeness (QED) is 0.158. The zero-order valence-electron chi connectivity index (χ0n) is 25.3. The second-order valence-corrected chi connectivity index (χ2v) is 12.9. The first kappa shape index (κ1) is 30.6. The Morgan fingerprint density at radius 2 is 1.26 bits per heavy atom. The van der Waals surface area contributed by atoms with Gasteiger partial charge in [0.25, 0.3) is 0 Å². The first-order valence-corrected chi connectivity index (χ1v) is 16.5. The summed E-state index contributed by atoms with van der Waals surface area (Å²) in [6.07, 6.45) is 18.1. The average Bonchev–Trinajstić information content (AvgIpc) is 3.03. The van der Waals surface area contributed by atoms with Crippen LogP contribution in [0.3, 0.4) is 0 Å². The summed E-state index contributed by atoms with van der Waals surface area (Å²) in [5.41, 5.74) is 3.67. The molecule has 2 aliphatic rings. The molecular weight excluding hydrogens is 525 g/mol. The minimum atomic E-state index is -0.802. The Morgan fingerprint density at radius 1 is 0.667 bits per heavy atom. The molecule has 2 fully saturated rings. The lowest BCUT2D eigenvalue weighted by Crippen LogP contribution is -2.25. The summed E-state index contributed by atoms with van der Waals surface area (Å²) in [6, 6.07) is 16.2. The van der Waals surface area contributed by atoms with Crippen LogP contribution in [0.4, 0.5) is 13.2 Å². The summed E-state index contributed by atoms with van der Waals surface area (Å²) in [5, 5.41) is 0. The molecule has 0 spiro atoms. The van der Waals surface area contributed by atoms with Crippen molar-refractivity contribution in [3.05, 3.63) is 95.8 Å². The molecule has 0 nitrogen and oxygen atoms in total. The van der Waals surface area contributed by atoms with Gasteiger partial charge in [-0.15, -0.1) is 6.58 Å². The number of rotatable bonds is 11. The van der Waals surface area contributed by atoms with E-state index in [0.717, 1.165) is 61.5 Å². The normalized spacial score (nSPS) is 22.7. The van der Waals surface area contributed by atoms with E-state index in [2.05, 4.69) is 25.6 Å². The van der Waals surface area contributed by atoms with Gasteiger partial charge in [0.15, 0.2) is 11.6 Å². The van der Waals surface area contributed by atoms with Gasteiger partial charge >= 0.3 is 0 Å². The van der Waals surface area contributed by atoms with Gasteiger partial charge in [-0.1, -0.05) is 87.2 Å². The maximum atomic E-state index is 15.4. The number of hydrogen-bond acceptors (Lipinski definition) is 0. The largest absolute Gasteiger partial charge is 0.206 e. The smallest absolute Gasteiger partial charge is 0.166 e. The summed E-state index contributed by atoms with van der Waals surface area (Å²) in [5.74, 6) is 1.04. The molecule has 0 aliphatic heterocycles. The van der Waals surface area contributed by atoms with Crippen LogP contribution in [0, 0.1) is 35.2 Å². The van der Waals surface area contributed by atoms with Crippen LogP contribution in [0.2, 0.25) is 0 Å². The molecule has 0 saturated heterocycles. The van der Waals surface area contributed by atoms with E-state index < -0.39 is 11.6 Å². The number of benzene rings is 3. The SMILES string of the molecule is C=CC1CCC(C2CCC(c3ccc(-c4ccc(-c5ccc(CCCCCCC)c(F)c5F)cc4)c(F)c3)CC2)CC1. The van der Waals surface area contributed by atoms with Gasteiger partial charge in [0, 0.05) is 11.1 Å². The molecule has 3 heteroatoms. The van der Waals surface area contributed by atoms with Gasteiger partial charge < -0.3 is 0 Å². The van der Waals surface area contributed by atoms with E-state index in [-0.39, 0.29) is 11.4 Å². The Bertz CT molecular complexity index is 1310. The van der Waals surface area contributed by atoms with Crippen molar-refractivity contribution in [1.82, 2.24) is 0 Å². The second-order valence-electron chi connectivity index (χ2n) is 12.9. The maximum Gasteiger partial charge on any atom is 0.166 e. The molecule has 3 aromatic rings. The van der Waals surface area contributed by atoms with Crippen LogP contribution in [0.5, 0.6) is 0 Å². The molecule has 0 heterocycles. The molecule has 2 aliphatic carbocycles. The van der Waals surface area contributed by atoms with Crippen LogP contribution in [0.25, 0.3) is 22.3 Å². The maximum absolute atomic E-state index is 15.4. The summed E-state index contributed by atoms with van der Waals surface area (Å²) >= 11 is 0. The molecular formula is C39H47F3. The van der Waals surface area contributed by atoms with Crippen LogP contribution in [-0.4, -0.2) is 0 Å². The molecule has 224 valence electrons. The van der Waals surface area contributed by atoms with E-state index in [9.17, 15) is 4.39 Å². The highest BCUT2D eigenvalue weighted by molar-refractivity contribution is 5.71. The van der Waals surface area contributed by atoms with Gasteiger partial charge in [0.05, 0.1) is 0 Å². The highest BCUT2D eigenvalue weighted by Crippen LogP contribution is 2.44. The Balaban J connectivity index is 1.20. The highest BCUT2D eigenvalue weighted by atomic mass is 19.2. The van der Waals surface area contributed by atoms with Crippen LogP contribution < -0.4 is 0 Å². The van der Waals surface area contributed by atoms with E-state index in [0.29, 0.717) is 34.9 Å². The lowest BCUT2D eigenvalue weighted by atomic mass is 9.68. The topological polar surface area (TPSA) is 0 Å². The van der Waals surface area contributed by atoms with Gasteiger partial charge in [-0.3, -0.25) is 0 Å². The van der Waals surface area contributed by atoms with E-state index >= 15 is 8.78 Å². The minimum absolute atomic E-state index is 0.217.